The molecule has 24 heavy (non-hydrogen) atoms. The molecule has 1 aliphatic heterocycles. The summed E-state index contributed by atoms with van der Waals surface area (Å²) in [6.07, 6.45) is -4.16. The third kappa shape index (κ3) is 2.75. The van der Waals surface area contributed by atoms with Gasteiger partial charge in [0.15, 0.2) is 0 Å². The summed E-state index contributed by atoms with van der Waals surface area (Å²) < 4.78 is 65.9. The molecule has 2 aromatic rings. The van der Waals surface area contributed by atoms with Crippen LogP contribution in [0.1, 0.15) is 18.1 Å². The van der Waals surface area contributed by atoms with Crippen LogP contribution >= 0.6 is 11.6 Å². The van der Waals surface area contributed by atoms with Gasteiger partial charge in [0.05, 0.1) is 16.3 Å². The summed E-state index contributed by atoms with van der Waals surface area (Å²) in [7, 11) is -4.21. The minimum absolute atomic E-state index is 0.236. The van der Waals surface area contributed by atoms with E-state index in [2.05, 4.69) is 0 Å². The first-order valence-electron chi connectivity index (χ1n) is 7.11. The normalized spacial score (nSPS) is 17.9. The molecule has 128 valence electrons. The van der Waals surface area contributed by atoms with Gasteiger partial charge in [0.2, 0.25) is 0 Å². The average molecular weight is 376 g/mol. The van der Waals surface area contributed by atoms with E-state index in [9.17, 15) is 21.6 Å². The minimum atomic E-state index is -4.65. The Bertz CT molecular complexity index is 896. The number of halogens is 4. The molecular weight excluding hydrogens is 363 g/mol. The zero-order valence-electron chi connectivity index (χ0n) is 12.5. The van der Waals surface area contributed by atoms with Crippen molar-refractivity contribution in [2.24, 2.45) is 0 Å². The van der Waals surface area contributed by atoms with Gasteiger partial charge in [0.1, 0.15) is 4.90 Å². The Morgan fingerprint density at radius 2 is 1.83 bits per heavy atom. The maximum atomic E-state index is 13.0. The van der Waals surface area contributed by atoms with E-state index in [1.807, 2.05) is 0 Å². The van der Waals surface area contributed by atoms with Gasteiger partial charge < -0.3 is 0 Å². The Balaban J connectivity index is 2.16. The van der Waals surface area contributed by atoms with Gasteiger partial charge in [-0.15, -0.1) is 0 Å². The van der Waals surface area contributed by atoms with E-state index in [0.717, 1.165) is 22.0 Å². The Kier molecular flexibility index (Phi) is 4.04. The highest BCUT2D eigenvalue weighted by atomic mass is 35.5. The average Bonchev–Trinajstić information content (AvgIpc) is 2.82. The van der Waals surface area contributed by atoms with E-state index in [1.165, 1.54) is 0 Å². The molecular formula is C16H13ClF3NO2S. The molecule has 0 saturated carbocycles. The Morgan fingerprint density at radius 3 is 2.50 bits per heavy atom. The fourth-order valence-corrected chi connectivity index (χ4v) is 5.08. The van der Waals surface area contributed by atoms with Gasteiger partial charge in [-0.25, -0.2) is 8.42 Å². The van der Waals surface area contributed by atoms with E-state index < -0.39 is 32.7 Å². The topological polar surface area (TPSA) is 37.4 Å². The van der Waals surface area contributed by atoms with E-state index in [-0.39, 0.29) is 5.02 Å². The van der Waals surface area contributed by atoms with Gasteiger partial charge in [-0.3, -0.25) is 4.31 Å². The zero-order chi connectivity index (χ0) is 17.7. The van der Waals surface area contributed by atoms with Crippen molar-refractivity contribution in [2.75, 3.05) is 4.31 Å². The van der Waals surface area contributed by atoms with Crippen molar-refractivity contribution in [3.63, 3.8) is 0 Å². The molecule has 1 aliphatic rings. The van der Waals surface area contributed by atoms with Crippen LogP contribution in [-0.4, -0.2) is 14.5 Å². The Labute approximate surface area is 142 Å². The molecule has 0 spiro atoms. The number of sulfonamides is 1. The zero-order valence-corrected chi connectivity index (χ0v) is 14.1. The number of nitrogens with zero attached hydrogens (tertiary/aromatic N) is 1. The van der Waals surface area contributed by atoms with Crippen molar-refractivity contribution in [2.45, 2.75) is 30.5 Å². The van der Waals surface area contributed by atoms with Crippen LogP contribution in [0, 0.1) is 0 Å². The minimum Gasteiger partial charge on any atom is -0.263 e. The monoisotopic (exact) mass is 375 g/mol. The first-order valence-corrected chi connectivity index (χ1v) is 8.93. The molecule has 1 atom stereocenters. The molecule has 0 saturated heterocycles. The maximum Gasteiger partial charge on any atom is 0.416 e. The molecule has 3 nitrogen and oxygen atoms in total. The lowest BCUT2D eigenvalue weighted by Gasteiger charge is -2.25. The fourth-order valence-electron chi connectivity index (χ4n) is 2.89. The molecule has 1 heterocycles. The van der Waals surface area contributed by atoms with Crippen molar-refractivity contribution < 1.29 is 21.6 Å². The lowest BCUT2D eigenvalue weighted by molar-refractivity contribution is -0.137. The number of anilines is 1. The summed E-state index contributed by atoms with van der Waals surface area (Å²) in [4.78, 5) is -0.539. The summed E-state index contributed by atoms with van der Waals surface area (Å²) >= 11 is 5.91. The molecule has 0 aliphatic carbocycles. The number of hydrogen-bond acceptors (Lipinski definition) is 2. The molecule has 0 aromatic heterocycles. The number of alkyl halides is 3. The lowest BCUT2D eigenvalue weighted by Crippen LogP contribution is -2.36. The van der Waals surface area contributed by atoms with E-state index in [0.29, 0.717) is 18.2 Å². The van der Waals surface area contributed by atoms with Gasteiger partial charge in [-0.2, -0.15) is 13.2 Å². The predicted molar refractivity (Wildman–Crippen MR) is 85.7 cm³/mol. The first-order chi connectivity index (χ1) is 11.1. The van der Waals surface area contributed by atoms with Crippen LogP contribution in [0.2, 0.25) is 5.02 Å². The largest absolute Gasteiger partial charge is 0.416 e. The first kappa shape index (κ1) is 17.1. The number of fused-ring (bicyclic) bond motifs is 1. The summed E-state index contributed by atoms with van der Waals surface area (Å²) in [5.41, 5.74) is 0.251. The molecule has 2 aromatic carbocycles. The van der Waals surface area contributed by atoms with E-state index in [1.54, 1.807) is 31.2 Å². The predicted octanol–water partition coefficient (Wildman–Crippen LogP) is 4.50. The van der Waals surface area contributed by atoms with Gasteiger partial charge in [-0.1, -0.05) is 29.8 Å². The Morgan fingerprint density at radius 1 is 1.17 bits per heavy atom. The highest BCUT2D eigenvalue weighted by molar-refractivity contribution is 7.93. The number of para-hydroxylation sites is 1. The van der Waals surface area contributed by atoms with Crippen LogP contribution in [0.25, 0.3) is 0 Å². The maximum absolute atomic E-state index is 13.0. The third-order valence-electron chi connectivity index (χ3n) is 3.94. The van der Waals surface area contributed by atoms with Gasteiger partial charge in [-0.05, 0) is 43.2 Å². The standard InChI is InChI=1S/C16H13ClF3NO2S/c1-10-8-11-4-2-3-5-14(11)21(10)24(22,23)15-9-12(16(18,19)20)6-7-13(15)17/h2-7,9-10H,8H2,1H3/t10-/m0/s1. The van der Waals surface area contributed by atoms with Gasteiger partial charge in [0.25, 0.3) is 10.0 Å². The van der Waals surface area contributed by atoms with Crippen LogP contribution in [0.15, 0.2) is 47.4 Å². The molecule has 0 unspecified atom stereocenters. The van der Waals surface area contributed by atoms with Crippen LogP contribution in [0.4, 0.5) is 18.9 Å². The van der Waals surface area contributed by atoms with Crippen molar-refractivity contribution in [3.8, 4) is 0 Å². The smallest absolute Gasteiger partial charge is 0.263 e. The van der Waals surface area contributed by atoms with Gasteiger partial charge in [0, 0.05) is 6.04 Å². The fraction of sp³-hybridized carbons (Fsp3) is 0.250. The molecule has 0 bridgehead atoms. The molecule has 8 heteroatoms. The van der Waals surface area contributed by atoms with Crippen LogP contribution in [-0.2, 0) is 22.6 Å². The SMILES string of the molecule is C[C@H]1Cc2ccccc2N1S(=O)(=O)c1cc(C(F)(F)F)ccc1Cl. The van der Waals surface area contributed by atoms with Crippen molar-refractivity contribution in [1.29, 1.82) is 0 Å². The highest BCUT2D eigenvalue weighted by Gasteiger charge is 2.39. The third-order valence-corrected chi connectivity index (χ3v) is 6.35. The molecule has 0 N–H and O–H groups in total. The number of hydrogen-bond donors (Lipinski definition) is 0. The molecule has 0 radical (unpaired) electrons. The van der Waals surface area contributed by atoms with E-state index in [4.69, 9.17) is 11.6 Å². The highest BCUT2D eigenvalue weighted by Crippen LogP contribution is 2.40. The molecule has 0 fully saturated rings. The van der Waals surface area contributed by atoms with Crippen LogP contribution < -0.4 is 4.31 Å². The van der Waals surface area contributed by atoms with Crippen molar-refractivity contribution in [1.82, 2.24) is 0 Å². The Hall–Kier alpha value is -1.73. The van der Waals surface area contributed by atoms with Gasteiger partial charge >= 0.3 is 6.18 Å². The quantitative estimate of drug-likeness (QED) is 0.775. The summed E-state index contributed by atoms with van der Waals surface area (Å²) in [5, 5.41) is -0.236. The second kappa shape index (κ2) is 5.67. The van der Waals surface area contributed by atoms with E-state index >= 15 is 0 Å². The molecule has 0 amide bonds. The van der Waals surface area contributed by atoms with Crippen LogP contribution in [0.5, 0.6) is 0 Å². The molecule has 3 rings (SSSR count). The number of rotatable bonds is 2. The summed E-state index contributed by atoms with van der Waals surface area (Å²) in [5.74, 6) is 0. The lowest BCUT2D eigenvalue weighted by atomic mass is 10.1. The number of benzene rings is 2. The summed E-state index contributed by atoms with van der Waals surface area (Å²) in [6, 6.07) is 8.83. The van der Waals surface area contributed by atoms with Crippen molar-refractivity contribution in [3.05, 3.63) is 58.6 Å². The second-order valence-electron chi connectivity index (χ2n) is 5.63. The van der Waals surface area contributed by atoms with Crippen molar-refractivity contribution >= 4 is 27.3 Å². The van der Waals surface area contributed by atoms with Crippen LogP contribution in [0.3, 0.4) is 0 Å². The second-order valence-corrected chi connectivity index (χ2v) is 7.82. The summed E-state index contributed by atoms with van der Waals surface area (Å²) in [6.45, 7) is 1.71.